The highest BCUT2D eigenvalue weighted by molar-refractivity contribution is 9.10. The van der Waals surface area contributed by atoms with Crippen molar-refractivity contribution >= 4 is 32.9 Å². The van der Waals surface area contributed by atoms with Crippen molar-refractivity contribution in [3.8, 4) is 0 Å². The molecule has 6 heteroatoms. The molecule has 0 atom stereocenters. The van der Waals surface area contributed by atoms with E-state index < -0.39 is 0 Å². The van der Waals surface area contributed by atoms with Gasteiger partial charge in [-0.1, -0.05) is 15.9 Å². The maximum Gasteiger partial charge on any atom is 0.251 e. The van der Waals surface area contributed by atoms with Crippen molar-refractivity contribution in [3.05, 3.63) is 69.2 Å². The average molecular weight is 388 g/mol. The minimum Gasteiger partial charge on any atom is -0.348 e. The molecule has 1 N–H and O–H groups in total. The van der Waals surface area contributed by atoms with E-state index in [0.29, 0.717) is 21.1 Å². The molecule has 0 fully saturated rings. The van der Waals surface area contributed by atoms with Crippen molar-refractivity contribution < 1.29 is 9.18 Å². The molecule has 1 aromatic heterocycles. The SMILES string of the molecule is Cc1nc2ccc(C(=O)NCc3cc(F)cc(Br)c3)cc2nc1C. The molecule has 0 unspecified atom stereocenters. The Balaban J connectivity index is 1.79. The first-order valence-electron chi connectivity index (χ1n) is 7.40. The van der Waals surface area contributed by atoms with Crippen molar-refractivity contribution in [3.63, 3.8) is 0 Å². The van der Waals surface area contributed by atoms with Crippen LogP contribution < -0.4 is 5.32 Å². The Labute approximate surface area is 147 Å². The number of hydrogen-bond acceptors (Lipinski definition) is 3. The number of carbonyl (C=O) groups is 1. The van der Waals surface area contributed by atoms with Gasteiger partial charge < -0.3 is 5.32 Å². The lowest BCUT2D eigenvalue weighted by Gasteiger charge is -2.08. The van der Waals surface area contributed by atoms with Gasteiger partial charge in [0.15, 0.2) is 0 Å². The van der Waals surface area contributed by atoms with Crippen LogP contribution in [0.3, 0.4) is 0 Å². The summed E-state index contributed by atoms with van der Waals surface area (Å²) in [5.74, 6) is -0.585. The molecule has 3 aromatic rings. The third-order valence-electron chi connectivity index (χ3n) is 3.71. The molecule has 0 spiro atoms. The molecule has 4 nitrogen and oxygen atoms in total. The molecule has 24 heavy (non-hydrogen) atoms. The maximum absolute atomic E-state index is 13.4. The summed E-state index contributed by atoms with van der Waals surface area (Å²) < 4.78 is 14.0. The minimum atomic E-state index is -0.347. The standard InChI is InChI=1S/C18H15BrFN3O/c1-10-11(2)23-17-7-13(3-4-16(17)22-10)18(24)21-9-12-5-14(19)8-15(20)6-12/h3-8H,9H2,1-2H3,(H,21,24). The first-order chi connectivity index (χ1) is 11.4. The van der Waals surface area contributed by atoms with E-state index in [1.807, 2.05) is 13.8 Å². The number of nitrogens with zero attached hydrogens (tertiary/aromatic N) is 2. The lowest BCUT2D eigenvalue weighted by atomic mass is 10.1. The summed E-state index contributed by atoms with van der Waals surface area (Å²) >= 11 is 3.24. The lowest BCUT2D eigenvalue weighted by Crippen LogP contribution is -2.22. The van der Waals surface area contributed by atoms with Crippen molar-refractivity contribution in [1.29, 1.82) is 0 Å². The average Bonchev–Trinajstić information content (AvgIpc) is 2.52. The number of amides is 1. The van der Waals surface area contributed by atoms with Crippen LogP contribution in [0.15, 0.2) is 40.9 Å². The Morgan fingerprint density at radius 2 is 1.79 bits per heavy atom. The fraction of sp³-hybridized carbons (Fsp3) is 0.167. The molecule has 3 rings (SSSR count). The van der Waals surface area contributed by atoms with Crippen molar-refractivity contribution in [2.45, 2.75) is 20.4 Å². The Bertz CT molecular complexity index is 923. The van der Waals surface area contributed by atoms with Crippen LogP contribution in [-0.4, -0.2) is 15.9 Å². The van der Waals surface area contributed by atoms with Gasteiger partial charge in [-0.15, -0.1) is 0 Å². The summed E-state index contributed by atoms with van der Waals surface area (Å²) in [6, 6.07) is 9.73. The summed E-state index contributed by atoms with van der Waals surface area (Å²) in [5, 5.41) is 2.79. The molecular formula is C18H15BrFN3O. The molecule has 122 valence electrons. The van der Waals surface area contributed by atoms with Gasteiger partial charge in [0.25, 0.3) is 5.91 Å². The topological polar surface area (TPSA) is 54.9 Å². The minimum absolute atomic E-state index is 0.239. The first kappa shape index (κ1) is 16.5. The molecular weight excluding hydrogens is 373 g/mol. The molecule has 0 aliphatic heterocycles. The number of fused-ring (bicyclic) bond motifs is 1. The predicted octanol–water partition coefficient (Wildman–Crippen LogP) is 4.08. The van der Waals surface area contributed by atoms with Gasteiger partial charge in [-0.2, -0.15) is 0 Å². The van der Waals surface area contributed by atoms with Gasteiger partial charge in [0, 0.05) is 16.6 Å². The number of aryl methyl sites for hydroxylation is 2. The van der Waals surface area contributed by atoms with Crippen LogP contribution in [0, 0.1) is 19.7 Å². The third kappa shape index (κ3) is 3.59. The van der Waals surface area contributed by atoms with E-state index in [2.05, 4.69) is 31.2 Å². The fourth-order valence-corrected chi connectivity index (χ4v) is 2.88. The van der Waals surface area contributed by atoms with Crippen LogP contribution in [0.1, 0.15) is 27.3 Å². The van der Waals surface area contributed by atoms with Gasteiger partial charge in [0.2, 0.25) is 0 Å². The molecule has 0 radical (unpaired) electrons. The van der Waals surface area contributed by atoms with Crippen LogP contribution in [0.5, 0.6) is 0 Å². The maximum atomic E-state index is 13.4. The Morgan fingerprint density at radius 1 is 1.08 bits per heavy atom. The molecule has 2 aromatic carbocycles. The van der Waals surface area contributed by atoms with Crippen molar-refractivity contribution in [2.24, 2.45) is 0 Å². The summed E-state index contributed by atoms with van der Waals surface area (Å²) in [5.41, 5.74) is 4.32. The first-order valence-corrected chi connectivity index (χ1v) is 8.20. The quantitative estimate of drug-likeness (QED) is 0.736. The molecule has 0 saturated carbocycles. The van der Waals surface area contributed by atoms with E-state index in [0.717, 1.165) is 16.9 Å². The second kappa shape index (κ2) is 6.65. The largest absolute Gasteiger partial charge is 0.348 e. The van der Waals surface area contributed by atoms with Gasteiger partial charge in [-0.05, 0) is 55.8 Å². The van der Waals surface area contributed by atoms with Gasteiger partial charge in [-0.3, -0.25) is 4.79 Å². The second-order valence-corrected chi connectivity index (χ2v) is 6.47. The van der Waals surface area contributed by atoms with Crippen molar-refractivity contribution in [2.75, 3.05) is 0 Å². The second-order valence-electron chi connectivity index (χ2n) is 5.56. The smallest absolute Gasteiger partial charge is 0.251 e. The van der Waals surface area contributed by atoms with Gasteiger partial charge in [0.1, 0.15) is 5.82 Å². The van der Waals surface area contributed by atoms with Crippen LogP contribution >= 0.6 is 15.9 Å². The Morgan fingerprint density at radius 3 is 2.50 bits per heavy atom. The zero-order valence-electron chi connectivity index (χ0n) is 13.2. The third-order valence-corrected chi connectivity index (χ3v) is 4.17. The zero-order chi connectivity index (χ0) is 17.3. The van der Waals surface area contributed by atoms with E-state index >= 15 is 0 Å². The van der Waals surface area contributed by atoms with Gasteiger partial charge >= 0.3 is 0 Å². The number of benzene rings is 2. The number of nitrogens with one attached hydrogen (secondary N) is 1. The summed E-state index contributed by atoms with van der Waals surface area (Å²) in [6.45, 7) is 4.03. The molecule has 1 heterocycles. The van der Waals surface area contributed by atoms with E-state index in [-0.39, 0.29) is 18.3 Å². The number of rotatable bonds is 3. The number of hydrogen-bond donors (Lipinski definition) is 1. The van der Waals surface area contributed by atoms with Crippen LogP contribution in [0.25, 0.3) is 11.0 Å². The fourth-order valence-electron chi connectivity index (χ4n) is 2.37. The molecule has 0 aliphatic carbocycles. The van der Waals surface area contributed by atoms with E-state index in [1.54, 1.807) is 24.3 Å². The van der Waals surface area contributed by atoms with E-state index in [9.17, 15) is 9.18 Å². The summed E-state index contributed by atoms with van der Waals surface area (Å²) in [7, 11) is 0. The number of halogens is 2. The Kier molecular flexibility index (Phi) is 4.57. The van der Waals surface area contributed by atoms with E-state index in [1.165, 1.54) is 12.1 Å². The van der Waals surface area contributed by atoms with Crippen molar-refractivity contribution in [1.82, 2.24) is 15.3 Å². The summed E-state index contributed by atoms with van der Waals surface area (Å²) in [6.07, 6.45) is 0. The van der Waals surface area contributed by atoms with Crippen LogP contribution in [0.4, 0.5) is 4.39 Å². The normalized spacial score (nSPS) is 10.8. The molecule has 0 aliphatic rings. The number of carbonyl (C=O) groups excluding carboxylic acids is 1. The lowest BCUT2D eigenvalue weighted by molar-refractivity contribution is 0.0951. The zero-order valence-corrected chi connectivity index (χ0v) is 14.8. The van der Waals surface area contributed by atoms with Gasteiger partial charge in [-0.25, -0.2) is 14.4 Å². The number of aromatic nitrogens is 2. The highest BCUT2D eigenvalue weighted by Crippen LogP contribution is 2.16. The monoisotopic (exact) mass is 387 g/mol. The van der Waals surface area contributed by atoms with E-state index in [4.69, 9.17) is 0 Å². The van der Waals surface area contributed by atoms with Gasteiger partial charge in [0.05, 0.1) is 22.4 Å². The highest BCUT2D eigenvalue weighted by Gasteiger charge is 2.09. The highest BCUT2D eigenvalue weighted by atomic mass is 79.9. The molecule has 0 bridgehead atoms. The summed E-state index contributed by atoms with van der Waals surface area (Å²) in [4.78, 5) is 21.2. The Hall–Kier alpha value is -2.34. The van der Waals surface area contributed by atoms with Crippen LogP contribution in [-0.2, 0) is 6.54 Å². The predicted molar refractivity (Wildman–Crippen MR) is 94.3 cm³/mol. The molecule has 1 amide bonds. The molecule has 0 saturated heterocycles. The van der Waals surface area contributed by atoms with Crippen LogP contribution in [0.2, 0.25) is 0 Å².